The number of rotatable bonds is 1. The van der Waals surface area contributed by atoms with E-state index < -0.39 is 0 Å². The third-order valence-corrected chi connectivity index (χ3v) is 0.365. The van der Waals surface area contributed by atoms with Gasteiger partial charge in [0, 0.05) is 15.5 Å². The third kappa shape index (κ3) is 3.54. The van der Waals surface area contributed by atoms with Gasteiger partial charge in [-0.25, -0.2) is 0 Å². The van der Waals surface area contributed by atoms with Crippen LogP contribution in [0.1, 0.15) is 1.43 Å². The predicted molar refractivity (Wildman–Crippen MR) is 26.0 cm³/mol. The summed E-state index contributed by atoms with van der Waals surface area (Å²) in [7, 11) is 3.88. The van der Waals surface area contributed by atoms with Crippen molar-refractivity contribution in [3.63, 3.8) is 0 Å². The Bertz CT molecular complexity index is 34.5. The first-order valence-corrected chi connectivity index (χ1v) is 1.56. The molecule has 0 rings (SSSR count). The third-order valence-electron chi connectivity index (χ3n) is 0.365. The lowest BCUT2D eigenvalue weighted by atomic mass is 10.9. The average molecular weight is 73.1 g/mol. The molecule has 0 atom stereocenters. The van der Waals surface area contributed by atoms with Gasteiger partial charge in [0.15, 0.2) is 0 Å². The largest absolute Gasteiger partial charge is 0.384 e. The SMILES string of the molecule is C=CN(C)C.[HH]. The van der Waals surface area contributed by atoms with Gasteiger partial charge in [-0.3, -0.25) is 0 Å². The topological polar surface area (TPSA) is 3.24 Å². The normalized spacial score (nSPS) is 6.80. The molecule has 0 saturated heterocycles. The standard InChI is InChI=1S/C4H9N.H2/c1-4-5(2)3;/h4H,1H2,2-3H3;1H. The van der Waals surface area contributed by atoms with Crippen molar-refractivity contribution in [3.8, 4) is 0 Å². The van der Waals surface area contributed by atoms with Gasteiger partial charge in [-0.2, -0.15) is 0 Å². The minimum Gasteiger partial charge on any atom is -0.384 e. The van der Waals surface area contributed by atoms with Crippen LogP contribution in [0.3, 0.4) is 0 Å². The van der Waals surface area contributed by atoms with Gasteiger partial charge >= 0.3 is 0 Å². The molecule has 0 aromatic carbocycles. The van der Waals surface area contributed by atoms with Crippen LogP contribution in [0.25, 0.3) is 0 Å². The Morgan fingerprint density at radius 1 is 1.80 bits per heavy atom. The molecule has 5 heavy (non-hydrogen) atoms. The molecule has 0 spiro atoms. The summed E-state index contributed by atoms with van der Waals surface area (Å²) in [6, 6.07) is 0. The van der Waals surface area contributed by atoms with Crippen molar-refractivity contribution in [3.05, 3.63) is 12.8 Å². The minimum absolute atomic E-state index is 0. The summed E-state index contributed by atoms with van der Waals surface area (Å²) in [5.41, 5.74) is 0. The van der Waals surface area contributed by atoms with Crippen LogP contribution >= 0.6 is 0 Å². The van der Waals surface area contributed by atoms with E-state index in [-0.39, 0.29) is 1.43 Å². The Balaban J connectivity index is 0. The first-order valence-electron chi connectivity index (χ1n) is 1.56. The van der Waals surface area contributed by atoms with Gasteiger partial charge in [0.25, 0.3) is 0 Å². The lowest BCUT2D eigenvalue weighted by Crippen LogP contribution is -1.97. The van der Waals surface area contributed by atoms with Crippen LogP contribution in [0, 0.1) is 0 Å². The fourth-order valence-electron chi connectivity index (χ4n) is 0. The van der Waals surface area contributed by atoms with Crippen molar-refractivity contribution in [2.75, 3.05) is 14.1 Å². The molecule has 0 radical (unpaired) electrons. The van der Waals surface area contributed by atoms with Crippen molar-refractivity contribution >= 4 is 0 Å². The molecule has 1 nitrogen and oxygen atoms in total. The number of nitrogens with zero attached hydrogens (tertiary/aromatic N) is 1. The van der Waals surface area contributed by atoms with Crippen molar-refractivity contribution in [2.45, 2.75) is 0 Å². The number of hydrogen-bond acceptors (Lipinski definition) is 1. The van der Waals surface area contributed by atoms with Crippen molar-refractivity contribution in [1.82, 2.24) is 4.90 Å². The van der Waals surface area contributed by atoms with E-state index in [0.29, 0.717) is 0 Å². The monoisotopic (exact) mass is 73.1 g/mol. The molecule has 1 heteroatoms. The predicted octanol–water partition coefficient (Wildman–Crippen LogP) is 0.938. The zero-order chi connectivity index (χ0) is 4.28. The summed E-state index contributed by atoms with van der Waals surface area (Å²) >= 11 is 0. The molecular weight excluding hydrogens is 62.1 g/mol. The highest BCUT2D eigenvalue weighted by atomic mass is 15.0. The van der Waals surface area contributed by atoms with Gasteiger partial charge in [0.05, 0.1) is 0 Å². The molecule has 0 unspecified atom stereocenters. The van der Waals surface area contributed by atoms with E-state index in [1.165, 1.54) is 0 Å². The van der Waals surface area contributed by atoms with Gasteiger partial charge in [0.2, 0.25) is 0 Å². The molecule has 0 heterocycles. The fraction of sp³-hybridized carbons (Fsp3) is 0.500. The van der Waals surface area contributed by atoms with Gasteiger partial charge in [-0.15, -0.1) is 0 Å². The minimum atomic E-state index is 0. The maximum Gasteiger partial charge on any atom is 0.00554 e. The zero-order valence-electron chi connectivity index (χ0n) is 3.73. The summed E-state index contributed by atoms with van der Waals surface area (Å²) in [6.45, 7) is 3.49. The molecule has 0 amide bonds. The molecule has 0 fully saturated rings. The summed E-state index contributed by atoms with van der Waals surface area (Å²) in [4.78, 5) is 1.89. The van der Waals surface area contributed by atoms with E-state index in [2.05, 4.69) is 6.58 Å². The molecule has 0 aliphatic carbocycles. The highest BCUT2D eigenvalue weighted by Gasteiger charge is 1.61. The first-order chi connectivity index (χ1) is 2.27. The van der Waals surface area contributed by atoms with Crippen LogP contribution < -0.4 is 0 Å². The molecule has 0 aliphatic rings. The van der Waals surface area contributed by atoms with Crippen LogP contribution in [0.15, 0.2) is 12.8 Å². The molecule has 0 saturated carbocycles. The Morgan fingerprint density at radius 3 is 2.00 bits per heavy atom. The zero-order valence-corrected chi connectivity index (χ0v) is 3.73. The lowest BCUT2D eigenvalue weighted by molar-refractivity contribution is 0.566. The van der Waals surface area contributed by atoms with Gasteiger partial charge in [0.1, 0.15) is 0 Å². The van der Waals surface area contributed by atoms with Crippen LogP contribution in [-0.4, -0.2) is 19.0 Å². The molecular formula is C4H11N. The van der Waals surface area contributed by atoms with E-state index in [0.717, 1.165) is 0 Å². The van der Waals surface area contributed by atoms with Crippen molar-refractivity contribution in [1.29, 1.82) is 0 Å². The molecule has 0 aromatic heterocycles. The molecule has 0 aliphatic heterocycles. The van der Waals surface area contributed by atoms with Crippen LogP contribution in [0.4, 0.5) is 0 Å². The highest BCUT2D eigenvalue weighted by molar-refractivity contribution is 4.59. The van der Waals surface area contributed by atoms with E-state index in [1.54, 1.807) is 6.20 Å². The second-order valence-electron chi connectivity index (χ2n) is 1.15. The Morgan fingerprint density at radius 2 is 2.00 bits per heavy atom. The Labute approximate surface area is 34.4 Å². The fourth-order valence-corrected chi connectivity index (χ4v) is 0. The molecule has 32 valence electrons. The van der Waals surface area contributed by atoms with Crippen LogP contribution in [0.2, 0.25) is 0 Å². The van der Waals surface area contributed by atoms with Crippen LogP contribution in [-0.2, 0) is 0 Å². The maximum atomic E-state index is 3.49. The summed E-state index contributed by atoms with van der Waals surface area (Å²) < 4.78 is 0. The molecule has 0 N–H and O–H groups in total. The second kappa shape index (κ2) is 1.82. The molecule has 0 bridgehead atoms. The van der Waals surface area contributed by atoms with E-state index in [4.69, 9.17) is 0 Å². The van der Waals surface area contributed by atoms with Crippen LogP contribution in [0.5, 0.6) is 0 Å². The van der Waals surface area contributed by atoms with Crippen molar-refractivity contribution < 1.29 is 1.43 Å². The van der Waals surface area contributed by atoms with Gasteiger partial charge in [-0.1, -0.05) is 6.58 Å². The Hall–Kier alpha value is -0.460. The quantitative estimate of drug-likeness (QED) is 0.446. The average Bonchev–Trinajstić information content (AvgIpc) is 1.38. The van der Waals surface area contributed by atoms with E-state index in [9.17, 15) is 0 Å². The number of hydrogen-bond donors (Lipinski definition) is 0. The summed E-state index contributed by atoms with van der Waals surface area (Å²) in [6.07, 6.45) is 1.75. The van der Waals surface area contributed by atoms with E-state index in [1.807, 2.05) is 19.0 Å². The maximum absolute atomic E-state index is 3.49. The van der Waals surface area contributed by atoms with Gasteiger partial charge < -0.3 is 4.90 Å². The van der Waals surface area contributed by atoms with Crippen molar-refractivity contribution in [2.24, 2.45) is 0 Å². The summed E-state index contributed by atoms with van der Waals surface area (Å²) in [5.74, 6) is 0. The Kier molecular flexibility index (Phi) is 1.65. The summed E-state index contributed by atoms with van der Waals surface area (Å²) in [5, 5.41) is 0. The molecule has 0 aromatic rings. The highest BCUT2D eigenvalue weighted by Crippen LogP contribution is 1.64. The lowest BCUT2D eigenvalue weighted by Gasteiger charge is -1.98. The first kappa shape index (κ1) is 4.54. The van der Waals surface area contributed by atoms with E-state index >= 15 is 0 Å². The van der Waals surface area contributed by atoms with Gasteiger partial charge in [-0.05, 0) is 6.20 Å². The second-order valence-corrected chi connectivity index (χ2v) is 1.15. The smallest absolute Gasteiger partial charge is 0.00554 e.